The quantitative estimate of drug-likeness (QED) is 0.613. The van der Waals surface area contributed by atoms with E-state index in [4.69, 9.17) is 4.74 Å². The summed E-state index contributed by atoms with van der Waals surface area (Å²) in [4.78, 5) is 17.3. The van der Waals surface area contributed by atoms with Crippen molar-refractivity contribution >= 4 is 17.6 Å². The van der Waals surface area contributed by atoms with Gasteiger partial charge in [-0.3, -0.25) is 10.1 Å². The predicted molar refractivity (Wildman–Crippen MR) is 114 cm³/mol. The number of carbonyl (C=O) groups excluding carboxylic acids is 1. The smallest absolute Gasteiger partial charge is 0.257 e. The number of carbonyl (C=O) groups is 1. The van der Waals surface area contributed by atoms with Gasteiger partial charge < -0.3 is 10.1 Å². The van der Waals surface area contributed by atoms with Gasteiger partial charge >= 0.3 is 0 Å². The lowest BCUT2D eigenvalue weighted by atomic mass is 9.87. The molecule has 0 aromatic heterocycles. The molecular weight excluding hydrogens is 350 g/mol. The molecular formula is C23H29N3O2. The second kappa shape index (κ2) is 9.02. The molecule has 1 aliphatic heterocycles. The summed E-state index contributed by atoms with van der Waals surface area (Å²) >= 11 is 0. The largest absolute Gasteiger partial charge is 0.376 e. The van der Waals surface area contributed by atoms with Crippen LogP contribution in [0.3, 0.4) is 0 Å². The minimum atomic E-state index is -0.185. The van der Waals surface area contributed by atoms with Crippen LogP contribution in [0.15, 0.2) is 59.6 Å². The lowest BCUT2D eigenvalue weighted by Gasteiger charge is -2.19. The number of nitrogens with zero attached hydrogens (tertiary/aromatic N) is 1. The zero-order valence-electron chi connectivity index (χ0n) is 16.9. The van der Waals surface area contributed by atoms with Crippen LogP contribution in [-0.4, -0.2) is 31.1 Å². The highest BCUT2D eigenvalue weighted by Gasteiger charge is 2.17. The van der Waals surface area contributed by atoms with E-state index in [0.717, 1.165) is 25.1 Å². The molecule has 0 unspecified atom stereocenters. The molecule has 1 atom stereocenters. The number of hydrogen-bond acceptors (Lipinski definition) is 3. The van der Waals surface area contributed by atoms with Crippen LogP contribution in [-0.2, 0) is 10.2 Å². The van der Waals surface area contributed by atoms with Crippen LogP contribution in [0.25, 0.3) is 0 Å². The number of benzene rings is 2. The van der Waals surface area contributed by atoms with Crippen LogP contribution in [0.2, 0.25) is 0 Å². The Kier molecular flexibility index (Phi) is 6.47. The van der Waals surface area contributed by atoms with Crippen molar-refractivity contribution in [3.05, 3.63) is 65.7 Å². The summed E-state index contributed by atoms with van der Waals surface area (Å²) in [7, 11) is 0. The first-order valence-corrected chi connectivity index (χ1v) is 9.82. The highest BCUT2D eigenvalue weighted by Crippen LogP contribution is 2.22. The monoisotopic (exact) mass is 379 g/mol. The number of anilines is 1. The SMILES string of the molecule is CC(C)(C)c1ccc(C(=O)NC(=NC[C@@H]2CCCO2)Nc2ccccc2)cc1. The van der Waals surface area contributed by atoms with Gasteiger partial charge in [-0.2, -0.15) is 0 Å². The number of amides is 1. The van der Waals surface area contributed by atoms with Crippen molar-refractivity contribution in [3.8, 4) is 0 Å². The molecule has 3 rings (SSSR count). The molecule has 2 aromatic carbocycles. The Hall–Kier alpha value is -2.66. The second-order valence-corrected chi connectivity index (χ2v) is 8.10. The molecule has 0 saturated carbocycles. The van der Waals surface area contributed by atoms with Gasteiger partial charge in [-0.15, -0.1) is 0 Å². The fourth-order valence-electron chi connectivity index (χ4n) is 3.05. The Morgan fingerprint density at radius 2 is 1.82 bits per heavy atom. The van der Waals surface area contributed by atoms with E-state index >= 15 is 0 Å². The molecule has 28 heavy (non-hydrogen) atoms. The number of para-hydroxylation sites is 1. The van der Waals surface area contributed by atoms with Crippen molar-refractivity contribution in [2.24, 2.45) is 4.99 Å². The molecule has 1 amide bonds. The molecule has 5 heteroatoms. The van der Waals surface area contributed by atoms with Gasteiger partial charge in [0.25, 0.3) is 5.91 Å². The van der Waals surface area contributed by atoms with E-state index in [1.165, 1.54) is 5.56 Å². The first-order chi connectivity index (χ1) is 13.4. The maximum atomic E-state index is 12.7. The first kappa shape index (κ1) is 20.1. The van der Waals surface area contributed by atoms with Crippen LogP contribution in [0.4, 0.5) is 5.69 Å². The molecule has 1 heterocycles. The maximum Gasteiger partial charge on any atom is 0.257 e. The summed E-state index contributed by atoms with van der Waals surface area (Å²) < 4.78 is 5.64. The first-order valence-electron chi connectivity index (χ1n) is 9.82. The van der Waals surface area contributed by atoms with Gasteiger partial charge in [-0.25, -0.2) is 4.99 Å². The Labute approximate surface area is 167 Å². The number of rotatable bonds is 4. The summed E-state index contributed by atoms with van der Waals surface area (Å²) in [6.45, 7) is 7.78. The Balaban J connectivity index is 1.71. The van der Waals surface area contributed by atoms with E-state index < -0.39 is 0 Å². The Bertz CT molecular complexity index is 802. The molecule has 1 fully saturated rings. The molecule has 0 spiro atoms. The van der Waals surface area contributed by atoms with E-state index in [1.54, 1.807) is 0 Å². The van der Waals surface area contributed by atoms with Crippen LogP contribution < -0.4 is 10.6 Å². The standard InChI is InChI=1S/C23H29N3O2/c1-23(2,3)18-13-11-17(12-14-18)21(27)26-22(24-16-20-10-7-15-28-20)25-19-8-5-4-6-9-19/h4-6,8-9,11-14,20H,7,10,15-16H2,1-3H3,(H2,24,25,26,27)/t20-/m0/s1. The van der Waals surface area contributed by atoms with E-state index in [-0.39, 0.29) is 17.4 Å². The molecule has 0 radical (unpaired) electrons. The minimum Gasteiger partial charge on any atom is -0.376 e. The third-order valence-corrected chi connectivity index (χ3v) is 4.76. The molecule has 148 valence electrons. The highest BCUT2D eigenvalue weighted by molar-refractivity contribution is 6.09. The van der Waals surface area contributed by atoms with E-state index in [1.807, 2.05) is 54.6 Å². The van der Waals surface area contributed by atoms with E-state index in [9.17, 15) is 4.79 Å². The predicted octanol–water partition coefficient (Wildman–Crippen LogP) is 4.36. The van der Waals surface area contributed by atoms with Crippen LogP contribution in [0.5, 0.6) is 0 Å². The molecule has 5 nitrogen and oxygen atoms in total. The van der Waals surface area contributed by atoms with Gasteiger partial charge in [0.15, 0.2) is 0 Å². The van der Waals surface area contributed by atoms with Crippen LogP contribution >= 0.6 is 0 Å². The number of guanidine groups is 1. The molecule has 1 saturated heterocycles. The second-order valence-electron chi connectivity index (χ2n) is 8.10. The van der Waals surface area contributed by atoms with E-state index in [0.29, 0.717) is 18.1 Å². The summed E-state index contributed by atoms with van der Waals surface area (Å²) in [6.07, 6.45) is 2.19. The maximum absolute atomic E-state index is 12.7. The number of ether oxygens (including phenoxy) is 1. The average Bonchev–Trinajstić information content (AvgIpc) is 3.20. The number of nitrogens with one attached hydrogen (secondary N) is 2. The van der Waals surface area contributed by atoms with Gasteiger partial charge in [0.2, 0.25) is 5.96 Å². The molecule has 2 aromatic rings. The zero-order valence-corrected chi connectivity index (χ0v) is 16.9. The van der Waals surface area contributed by atoms with E-state index in [2.05, 4.69) is 36.4 Å². The lowest BCUT2D eigenvalue weighted by molar-refractivity contribution is 0.0975. The van der Waals surface area contributed by atoms with Crippen molar-refractivity contribution in [2.45, 2.75) is 45.1 Å². The van der Waals surface area contributed by atoms with Crippen molar-refractivity contribution in [1.29, 1.82) is 0 Å². The van der Waals surface area contributed by atoms with Crippen LogP contribution in [0.1, 0.15) is 49.5 Å². The fourth-order valence-corrected chi connectivity index (χ4v) is 3.05. The normalized spacial score (nSPS) is 17.4. The average molecular weight is 380 g/mol. The van der Waals surface area contributed by atoms with Crippen molar-refractivity contribution < 1.29 is 9.53 Å². The third kappa shape index (κ3) is 5.67. The van der Waals surface area contributed by atoms with Crippen molar-refractivity contribution in [2.75, 3.05) is 18.5 Å². The molecule has 0 aliphatic carbocycles. The highest BCUT2D eigenvalue weighted by atomic mass is 16.5. The molecule has 2 N–H and O–H groups in total. The Morgan fingerprint density at radius 1 is 1.11 bits per heavy atom. The zero-order chi connectivity index (χ0) is 20.0. The summed E-state index contributed by atoms with van der Waals surface area (Å²) in [5.74, 6) is 0.251. The molecule has 1 aliphatic rings. The minimum absolute atomic E-state index is 0.0533. The van der Waals surface area contributed by atoms with Gasteiger partial charge in [0, 0.05) is 17.9 Å². The fraction of sp³-hybridized carbons (Fsp3) is 0.391. The summed E-state index contributed by atoms with van der Waals surface area (Å²) in [5, 5.41) is 6.11. The van der Waals surface area contributed by atoms with Gasteiger partial charge in [0.05, 0.1) is 12.6 Å². The number of hydrogen-bond donors (Lipinski definition) is 2. The third-order valence-electron chi connectivity index (χ3n) is 4.76. The van der Waals surface area contributed by atoms with Crippen molar-refractivity contribution in [1.82, 2.24) is 5.32 Å². The summed E-state index contributed by atoms with van der Waals surface area (Å²) in [5.41, 5.74) is 2.72. The lowest BCUT2D eigenvalue weighted by Crippen LogP contribution is -2.36. The van der Waals surface area contributed by atoms with Gasteiger partial charge in [-0.05, 0) is 48.1 Å². The van der Waals surface area contributed by atoms with Gasteiger partial charge in [-0.1, -0.05) is 51.1 Å². The van der Waals surface area contributed by atoms with Crippen molar-refractivity contribution in [3.63, 3.8) is 0 Å². The Morgan fingerprint density at radius 3 is 2.43 bits per heavy atom. The number of aliphatic imine (C=N–C) groups is 1. The topological polar surface area (TPSA) is 62.7 Å². The van der Waals surface area contributed by atoms with Gasteiger partial charge in [0.1, 0.15) is 0 Å². The molecule has 0 bridgehead atoms. The van der Waals surface area contributed by atoms with Crippen LogP contribution in [0, 0.1) is 0 Å². The summed E-state index contributed by atoms with van der Waals surface area (Å²) in [6, 6.07) is 17.4.